The van der Waals surface area contributed by atoms with Crippen molar-refractivity contribution in [2.24, 2.45) is 0 Å². The molecule has 21 heavy (non-hydrogen) atoms. The molecule has 0 bridgehead atoms. The second-order valence-electron chi connectivity index (χ2n) is 5.05. The second-order valence-corrected chi connectivity index (χ2v) is 7.20. The lowest BCUT2D eigenvalue weighted by Crippen LogP contribution is -2.44. The van der Waals surface area contributed by atoms with Gasteiger partial charge in [-0.3, -0.25) is 0 Å². The molecule has 0 aliphatic carbocycles. The molecule has 2 fully saturated rings. The van der Waals surface area contributed by atoms with Crippen LogP contribution in [0, 0.1) is 0 Å². The summed E-state index contributed by atoms with van der Waals surface area (Å²) in [5.74, 6) is 0. The van der Waals surface area contributed by atoms with Crippen LogP contribution in [0.2, 0.25) is 5.02 Å². The van der Waals surface area contributed by atoms with Gasteiger partial charge in [0.05, 0.1) is 24.2 Å². The van der Waals surface area contributed by atoms with Gasteiger partial charge < -0.3 is 14.2 Å². The molecule has 2 saturated heterocycles. The number of hydrogen-bond donors (Lipinski definition) is 1. The third-order valence-corrected chi connectivity index (χ3v) is 5.50. The number of hydrogen-bond acceptors (Lipinski definition) is 5. The highest BCUT2D eigenvalue weighted by molar-refractivity contribution is 7.89. The van der Waals surface area contributed by atoms with Crippen LogP contribution in [-0.4, -0.2) is 53.1 Å². The summed E-state index contributed by atoms with van der Waals surface area (Å²) in [4.78, 5) is 0.164. The highest BCUT2D eigenvalue weighted by Crippen LogP contribution is 2.29. The zero-order valence-corrected chi connectivity index (χ0v) is 12.9. The Morgan fingerprint density at radius 2 is 1.86 bits per heavy atom. The molecule has 2 aliphatic heterocycles. The van der Waals surface area contributed by atoms with Crippen molar-refractivity contribution in [3.05, 3.63) is 29.3 Å². The summed E-state index contributed by atoms with van der Waals surface area (Å²) in [6, 6.07) is 5.58. The lowest BCUT2D eigenvalue weighted by atomic mass is 10.1. The second kappa shape index (κ2) is 5.83. The SMILES string of the molecule is CO[C@@H]1CO[C@H]2[C@@H]1OC[C@@H]2NS(=O)(=O)c1ccc(Cl)cc1. The van der Waals surface area contributed by atoms with Gasteiger partial charge in [-0.15, -0.1) is 0 Å². The summed E-state index contributed by atoms with van der Waals surface area (Å²) in [6.45, 7) is 0.674. The maximum Gasteiger partial charge on any atom is 0.240 e. The molecular formula is C13H16ClNO5S. The van der Waals surface area contributed by atoms with E-state index in [1.807, 2.05) is 0 Å². The number of ether oxygens (including phenoxy) is 3. The van der Waals surface area contributed by atoms with E-state index in [0.29, 0.717) is 11.6 Å². The summed E-state index contributed by atoms with van der Waals surface area (Å²) in [6.07, 6.45) is -0.704. The van der Waals surface area contributed by atoms with E-state index in [1.165, 1.54) is 24.3 Å². The summed E-state index contributed by atoms with van der Waals surface area (Å²) < 4.78 is 43.8. The number of sulfonamides is 1. The highest BCUT2D eigenvalue weighted by Gasteiger charge is 2.49. The van der Waals surface area contributed by atoms with Crippen LogP contribution in [0.5, 0.6) is 0 Å². The first kappa shape index (κ1) is 15.2. The van der Waals surface area contributed by atoms with Crippen molar-refractivity contribution in [1.82, 2.24) is 4.72 Å². The Morgan fingerprint density at radius 1 is 1.19 bits per heavy atom. The molecule has 2 aliphatic rings. The van der Waals surface area contributed by atoms with Crippen molar-refractivity contribution in [2.75, 3.05) is 20.3 Å². The van der Waals surface area contributed by atoms with Gasteiger partial charge in [0, 0.05) is 12.1 Å². The molecule has 1 aromatic carbocycles. The predicted octanol–water partition coefficient (Wildman–Crippen LogP) is 0.800. The van der Waals surface area contributed by atoms with E-state index in [2.05, 4.69) is 4.72 Å². The van der Waals surface area contributed by atoms with Crippen molar-refractivity contribution in [3.63, 3.8) is 0 Å². The Balaban J connectivity index is 1.73. The molecule has 0 spiro atoms. The smallest absolute Gasteiger partial charge is 0.240 e. The van der Waals surface area contributed by atoms with E-state index in [1.54, 1.807) is 7.11 Å². The van der Waals surface area contributed by atoms with E-state index < -0.39 is 16.1 Å². The maximum atomic E-state index is 12.3. The predicted molar refractivity (Wildman–Crippen MR) is 75.8 cm³/mol. The summed E-state index contributed by atoms with van der Waals surface area (Å²) >= 11 is 5.77. The Morgan fingerprint density at radius 3 is 2.52 bits per heavy atom. The van der Waals surface area contributed by atoms with E-state index in [4.69, 9.17) is 25.8 Å². The number of rotatable bonds is 4. The molecule has 3 rings (SSSR count). The summed E-state index contributed by atoms with van der Waals surface area (Å²) in [7, 11) is -2.04. The largest absolute Gasteiger partial charge is 0.376 e. The van der Waals surface area contributed by atoms with Gasteiger partial charge in [-0.05, 0) is 24.3 Å². The number of methoxy groups -OCH3 is 1. The number of fused-ring (bicyclic) bond motifs is 1. The number of halogens is 1. The Kier molecular flexibility index (Phi) is 4.22. The molecular weight excluding hydrogens is 318 g/mol. The molecule has 0 aromatic heterocycles. The van der Waals surface area contributed by atoms with E-state index in [-0.39, 0.29) is 29.8 Å². The molecule has 1 aromatic rings. The standard InChI is InChI=1S/C13H16ClNO5S/c1-18-11-7-20-12-10(6-19-13(11)12)15-21(16,17)9-4-2-8(14)3-5-9/h2-5,10-13,15H,6-7H2,1H3/t10-,11+,12+,13+/m0/s1. The van der Waals surface area contributed by atoms with Crippen molar-refractivity contribution in [2.45, 2.75) is 29.2 Å². The van der Waals surface area contributed by atoms with Gasteiger partial charge >= 0.3 is 0 Å². The fraction of sp³-hybridized carbons (Fsp3) is 0.538. The van der Waals surface area contributed by atoms with Crippen LogP contribution in [0.25, 0.3) is 0 Å². The molecule has 8 heteroatoms. The topological polar surface area (TPSA) is 73.9 Å². The first-order chi connectivity index (χ1) is 10.0. The van der Waals surface area contributed by atoms with Gasteiger partial charge in [0.15, 0.2) is 0 Å². The van der Waals surface area contributed by atoms with Gasteiger partial charge in [-0.1, -0.05) is 11.6 Å². The quantitative estimate of drug-likeness (QED) is 0.882. The number of nitrogens with one attached hydrogen (secondary N) is 1. The van der Waals surface area contributed by atoms with Gasteiger partial charge in [0.25, 0.3) is 0 Å². The van der Waals surface area contributed by atoms with E-state index >= 15 is 0 Å². The molecule has 1 N–H and O–H groups in total. The Bertz CT molecular complexity index is 605. The first-order valence-electron chi connectivity index (χ1n) is 6.55. The zero-order chi connectivity index (χ0) is 15.0. The van der Waals surface area contributed by atoms with Gasteiger partial charge in [0.2, 0.25) is 10.0 Å². The van der Waals surface area contributed by atoms with Crippen LogP contribution in [0.3, 0.4) is 0 Å². The van der Waals surface area contributed by atoms with E-state index in [0.717, 1.165) is 0 Å². The van der Waals surface area contributed by atoms with E-state index in [9.17, 15) is 8.42 Å². The molecule has 4 atom stereocenters. The minimum Gasteiger partial charge on any atom is -0.376 e. The van der Waals surface area contributed by atoms with Crippen molar-refractivity contribution in [3.8, 4) is 0 Å². The summed E-state index contributed by atoms with van der Waals surface area (Å²) in [5.41, 5.74) is 0. The molecule has 0 radical (unpaired) electrons. The van der Waals surface area contributed by atoms with Crippen LogP contribution in [0.15, 0.2) is 29.2 Å². The molecule has 0 saturated carbocycles. The molecule has 0 amide bonds. The summed E-state index contributed by atoms with van der Waals surface area (Å²) in [5, 5.41) is 0.486. The minimum atomic E-state index is -3.63. The lowest BCUT2D eigenvalue weighted by Gasteiger charge is -2.17. The van der Waals surface area contributed by atoms with Gasteiger partial charge in [0.1, 0.15) is 18.3 Å². The van der Waals surface area contributed by atoms with Crippen molar-refractivity contribution < 1.29 is 22.6 Å². The molecule has 116 valence electrons. The third-order valence-electron chi connectivity index (χ3n) is 3.74. The van der Waals surface area contributed by atoms with Crippen LogP contribution in [-0.2, 0) is 24.2 Å². The van der Waals surface area contributed by atoms with Gasteiger partial charge in [-0.25, -0.2) is 13.1 Å². The van der Waals surface area contributed by atoms with Crippen LogP contribution in [0.1, 0.15) is 0 Å². The lowest BCUT2D eigenvalue weighted by molar-refractivity contribution is -0.00795. The Hall–Kier alpha value is -0.700. The van der Waals surface area contributed by atoms with Crippen LogP contribution >= 0.6 is 11.6 Å². The zero-order valence-electron chi connectivity index (χ0n) is 11.4. The fourth-order valence-electron chi connectivity index (χ4n) is 2.65. The molecule has 0 unspecified atom stereocenters. The van der Waals surface area contributed by atoms with Crippen molar-refractivity contribution in [1.29, 1.82) is 0 Å². The fourth-order valence-corrected chi connectivity index (χ4v) is 4.01. The van der Waals surface area contributed by atoms with Crippen molar-refractivity contribution >= 4 is 21.6 Å². The van der Waals surface area contributed by atoms with Gasteiger partial charge in [-0.2, -0.15) is 0 Å². The molecule has 6 nitrogen and oxygen atoms in total. The average molecular weight is 334 g/mol. The monoisotopic (exact) mass is 333 g/mol. The van der Waals surface area contributed by atoms with Crippen LogP contribution < -0.4 is 4.72 Å². The average Bonchev–Trinajstić information content (AvgIpc) is 3.02. The minimum absolute atomic E-state index is 0.153. The first-order valence-corrected chi connectivity index (χ1v) is 8.41. The Labute approximate surface area is 128 Å². The normalized spacial score (nSPS) is 32.3. The highest BCUT2D eigenvalue weighted by atomic mass is 35.5. The maximum absolute atomic E-state index is 12.3. The van der Waals surface area contributed by atoms with Crippen LogP contribution in [0.4, 0.5) is 0 Å². The third kappa shape index (κ3) is 2.94. The number of benzene rings is 1. The molecule has 2 heterocycles.